The highest BCUT2D eigenvalue weighted by atomic mass is 16.5. The molecule has 1 fully saturated rings. The summed E-state index contributed by atoms with van der Waals surface area (Å²) in [5, 5.41) is 8.96. The Bertz CT molecular complexity index is 446. The van der Waals surface area contributed by atoms with E-state index in [-0.39, 0.29) is 0 Å². The second-order valence-corrected chi connectivity index (χ2v) is 4.92. The van der Waals surface area contributed by atoms with Gasteiger partial charge in [0.05, 0.1) is 12.7 Å². The van der Waals surface area contributed by atoms with Crippen LogP contribution in [-0.4, -0.2) is 25.1 Å². The molecule has 1 aromatic rings. The van der Waals surface area contributed by atoms with Gasteiger partial charge in [-0.1, -0.05) is 13.0 Å². The number of methoxy groups -OCH3 is 1. The molecule has 1 saturated carbocycles. The van der Waals surface area contributed by atoms with E-state index in [1.165, 1.54) is 24.9 Å². The van der Waals surface area contributed by atoms with Gasteiger partial charge in [0.2, 0.25) is 0 Å². The summed E-state index contributed by atoms with van der Waals surface area (Å²) in [7, 11) is 1.61. The van der Waals surface area contributed by atoms with Crippen LogP contribution in [0.2, 0.25) is 0 Å². The number of rotatable bonds is 6. The lowest BCUT2D eigenvalue weighted by Crippen LogP contribution is -2.25. The molecule has 1 aromatic carbocycles. The number of nitrogens with zero attached hydrogens (tertiary/aromatic N) is 2. The van der Waals surface area contributed by atoms with Crippen molar-refractivity contribution in [1.29, 1.82) is 5.26 Å². The van der Waals surface area contributed by atoms with Gasteiger partial charge in [-0.2, -0.15) is 5.26 Å². The molecule has 0 radical (unpaired) electrons. The van der Waals surface area contributed by atoms with Gasteiger partial charge in [-0.3, -0.25) is 4.90 Å². The van der Waals surface area contributed by atoms with Gasteiger partial charge in [0.1, 0.15) is 11.8 Å². The van der Waals surface area contributed by atoms with Crippen LogP contribution in [0, 0.1) is 17.2 Å². The summed E-state index contributed by atoms with van der Waals surface area (Å²) in [4.78, 5) is 2.46. The average Bonchev–Trinajstić information content (AvgIpc) is 3.21. The number of ether oxygens (including phenoxy) is 1. The van der Waals surface area contributed by atoms with Crippen molar-refractivity contribution in [2.45, 2.75) is 26.3 Å². The number of benzene rings is 1. The van der Waals surface area contributed by atoms with Gasteiger partial charge in [-0.25, -0.2) is 0 Å². The zero-order chi connectivity index (χ0) is 13.0. The quantitative estimate of drug-likeness (QED) is 0.772. The molecular formula is C15H20N2O. The van der Waals surface area contributed by atoms with Gasteiger partial charge >= 0.3 is 0 Å². The zero-order valence-corrected chi connectivity index (χ0v) is 11.1. The Balaban J connectivity index is 2.05. The highest BCUT2D eigenvalue weighted by Crippen LogP contribution is 2.30. The fourth-order valence-corrected chi connectivity index (χ4v) is 2.16. The first-order valence-electron chi connectivity index (χ1n) is 6.56. The summed E-state index contributed by atoms with van der Waals surface area (Å²) in [5.74, 6) is 1.59. The fraction of sp³-hybridized carbons (Fsp3) is 0.533. The molecule has 0 saturated heterocycles. The molecule has 0 aliphatic heterocycles. The Morgan fingerprint density at radius 2 is 2.22 bits per heavy atom. The van der Waals surface area contributed by atoms with E-state index < -0.39 is 0 Å². The first kappa shape index (κ1) is 12.9. The maximum absolute atomic E-state index is 8.96. The third kappa shape index (κ3) is 3.24. The summed E-state index contributed by atoms with van der Waals surface area (Å²) in [6.45, 7) is 5.40. The standard InChI is InChI=1S/C15H20N2O/c1-3-17(10-12-4-5-12)11-13-6-7-14(9-16)15(8-13)18-2/h6-8,12H,3-5,10-11H2,1-2H3. The van der Waals surface area contributed by atoms with Gasteiger partial charge in [0.25, 0.3) is 0 Å². The van der Waals surface area contributed by atoms with Gasteiger partial charge in [-0.15, -0.1) is 0 Å². The maximum atomic E-state index is 8.96. The second-order valence-electron chi connectivity index (χ2n) is 4.92. The summed E-state index contributed by atoms with van der Waals surface area (Å²) in [5.41, 5.74) is 1.82. The monoisotopic (exact) mass is 244 g/mol. The molecule has 96 valence electrons. The summed E-state index contributed by atoms with van der Waals surface area (Å²) in [6.07, 6.45) is 2.76. The third-order valence-corrected chi connectivity index (χ3v) is 3.45. The molecule has 1 aliphatic rings. The highest BCUT2D eigenvalue weighted by molar-refractivity contribution is 5.45. The largest absolute Gasteiger partial charge is 0.495 e. The van der Waals surface area contributed by atoms with Crippen molar-refractivity contribution in [2.24, 2.45) is 5.92 Å². The normalized spacial score (nSPS) is 14.6. The molecule has 0 bridgehead atoms. The second kappa shape index (κ2) is 5.88. The molecule has 0 unspecified atom stereocenters. The average molecular weight is 244 g/mol. The summed E-state index contributed by atoms with van der Waals surface area (Å²) >= 11 is 0. The zero-order valence-electron chi connectivity index (χ0n) is 11.1. The van der Waals surface area contributed by atoms with Gasteiger partial charge in [0.15, 0.2) is 0 Å². The van der Waals surface area contributed by atoms with Gasteiger partial charge < -0.3 is 4.74 Å². The van der Waals surface area contributed by atoms with E-state index in [1.54, 1.807) is 7.11 Å². The van der Waals surface area contributed by atoms with Crippen LogP contribution in [0.25, 0.3) is 0 Å². The molecule has 0 N–H and O–H groups in total. The number of hydrogen-bond donors (Lipinski definition) is 0. The Morgan fingerprint density at radius 3 is 2.78 bits per heavy atom. The molecule has 0 spiro atoms. The lowest BCUT2D eigenvalue weighted by Gasteiger charge is -2.20. The lowest BCUT2D eigenvalue weighted by atomic mass is 10.1. The van der Waals surface area contributed by atoms with Crippen molar-refractivity contribution in [1.82, 2.24) is 4.90 Å². The maximum Gasteiger partial charge on any atom is 0.136 e. The molecule has 1 aliphatic carbocycles. The van der Waals surface area contributed by atoms with E-state index in [4.69, 9.17) is 10.00 Å². The minimum Gasteiger partial charge on any atom is -0.495 e. The van der Waals surface area contributed by atoms with Crippen LogP contribution in [0.1, 0.15) is 30.9 Å². The van der Waals surface area contributed by atoms with Crippen molar-refractivity contribution in [2.75, 3.05) is 20.2 Å². The minimum atomic E-state index is 0.603. The summed E-state index contributed by atoms with van der Waals surface area (Å²) < 4.78 is 5.24. The van der Waals surface area contributed by atoms with Crippen molar-refractivity contribution >= 4 is 0 Å². The van der Waals surface area contributed by atoms with Crippen LogP contribution in [-0.2, 0) is 6.54 Å². The third-order valence-electron chi connectivity index (χ3n) is 3.45. The van der Waals surface area contributed by atoms with E-state index in [1.807, 2.05) is 18.2 Å². The van der Waals surface area contributed by atoms with Crippen LogP contribution in [0.15, 0.2) is 18.2 Å². The number of hydrogen-bond acceptors (Lipinski definition) is 3. The molecule has 3 nitrogen and oxygen atoms in total. The molecule has 0 aromatic heterocycles. The smallest absolute Gasteiger partial charge is 0.136 e. The van der Waals surface area contributed by atoms with Crippen LogP contribution < -0.4 is 4.74 Å². The minimum absolute atomic E-state index is 0.603. The molecule has 0 atom stereocenters. The summed E-state index contributed by atoms with van der Waals surface area (Å²) in [6, 6.07) is 8.00. The topological polar surface area (TPSA) is 36.3 Å². The molecule has 0 heterocycles. The van der Waals surface area contributed by atoms with Gasteiger partial charge in [-0.05, 0) is 43.0 Å². The van der Waals surface area contributed by atoms with Crippen LogP contribution >= 0.6 is 0 Å². The van der Waals surface area contributed by atoms with E-state index in [0.717, 1.165) is 19.0 Å². The first-order valence-corrected chi connectivity index (χ1v) is 6.56. The van der Waals surface area contributed by atoms with E-state index in [0.29, 0.717) is 11.3 Å². The van der Waals surface area contributed by atoms with Crippen molar-refractivity contribution in [3.8, 4) is 11.8 Å². The Kier molecular flexibility index (Phi) is 4.22. The van der Waals surface area contributed by atoms with Crippen molar-refractivity contribution < 1.29 is 4.74 Å². The Morgan fingerprint density at radius 1 is 1.44 bits per heavy atom. The molecule has 2 rings (SSSR count). The van der Waals surface area contributed by atoms with Crippen LogP contribution in [0.5, 0.6) is 5.75 Å². The van der Waals surface area contributed by atoms with Crippen molar-refractivity contribution in [3.05, 3.63) is 29.3 Å². The predicted molar refractivity (Wildman–Crippen MR) is 71.4 cm³/mol. The molecule has 0 amide bonds. The Labute approximate surface area is 109 Å². The van der Waals surface area contributed by atoms with Crippen molar-refractivity contribution in [3.63, 3.8) is 0 Å². The molecular weight excluding hydrogens is 224 g/mol. The lowest BCUT2D eigenvalue weighted by molar-refractivity contribution is 0.268. The van der Waals surface area contributed by atoms with Gasteiger partial charge in [0, 0.05) is 13.1 Å². The van der Waals surface area contributed by atoms with Crippen LogP contribution in [0.3, 0.4) is 0 Å². The SMILES string of the molecule is CCN(Cc1ccc(C#N)c(OC)c1)CC1CC1. The number of nitriles is 1. The fourth-order valence-electron chi connectivity index (χ4n) is 2.16. The van der Waals surface area contributed by atoms with E-state index in [9.17, 15) is 0 Å². The molecule has 18 heavy (non-hydrogen) atoms. The first-order chi connectivity index (χ1) is 8.76. The Hall–Kier alpha value is -1.53. The van der Waals surface area contributed by atoms with E-state index in [2.05, 4.69) is 17.9 Å². The van der Waals surface area contributed by atoms with E-state index >= 15 is 0 Å². The molecule has 3 heteroatoms. The van der Waals surface area contributed by atoms with Crippen LogP contribution in [0.4, 0.5) is 0 Å². The highest BCUT2D eigenvalue weighted by Gasteiger charge is 2.23. The predicted octanol–water partition coefficient (Wildman–Crippen LogP) is 2.80.